The summed E-state index contributed by atoms with van der Waals surface area (Å²) in [5, 5.41) is 5.85. The molecule has 2 N–H and O–H groups in total. The number of piperidine rings is 1. The van der Waals surface area contributed by atoms with Gasteiger partial charge in [-0.05, 0) is 26.2 Å². The number of hydrogen-bond acceptors (Lipinski definition) is 4. The fraction of sp³-hybridized carbons (Fsp3) is 0.846. The zero-order valence-electron chi connectivity index (χ0n) is 11.9. The Bertz CT molecular complexity index is 329. The van der Waals surface area contributed by atoms with Crippen LogP contribution in [-0.2, 0) is 14.3 Å². The first-order chi connectivity index (χ1) is 9.18. The van der Waals surface area contributed by atoms with Crippen LogP contribution in [0.25, 0.3) is 0 Å². The standard InChI is InChI=1S/C13H23N3O3.ClH/c1-10(13(18)16-6-3-2-4-7-16)15-12(17)11-9-19-8-5-14-11;/h10-11,14H,2-9H2,1H3,(H,15,17);1H. The summed E-state index contributed by atoms with van der Waals surface area (Å²) in [7, 11) is 0. The second-order valence-corrected chi connectivity index (χ2v) is 5.20. The van der Waals surface area contributed by atoms with Crippen LogP contribution in [0.1, 0.15) is 26.2 Å². The lowest BCUT2D eigenvalue weighted by Crippen LogP contribution is -2.56. The van der Waals surface area contributed by atoms with Crippen molar-refractivity contribution in [3.63, 3.8) is 0 Å². The van der Waals surface area contributed by atoms with Crippen molar-refractivity contribution in [3.05, 3.63) is 0 Å². The Kier molecular flexibility index (Phi) is 7.26. The van der Waals surface area contributed by atoms with Crippen molar-refractivity contribution < 1.29 is 14.3 Å². The fourth-order valence-electron chi connectivity index (χ4n) is 2.50. The minimum Gasteiger partial charge on any atom is -0.378 e. The first kappa shape index (κ1) is 17.2. The number of rotatable bonds is 3. The number of carbonyl (C=O) groups excluding carboxylic acids is 2. The van der Waals surface area contributed by atoms with Gasteiger partial charge >= 0.3 is 0 Å². The van der Waals surface area contributed by atoms with Crippen molar-refractivity contribution >= 4 is 24.2 Å². The lowest BCUT2D eigenvalue weighted by molar-refractivity contribution is -0.137. The summed E-state index contributed by atoms with van der Waals surface area (Å²) in [5.74, 6) is -0.137. The summed E-state index contributed by atoms with van der Waals surface area (Å²) in [5.41, 5.74) is 0. The van der Waals surface area contributed by atoms with Gasteiger partial charge in [-0.25, -0.2) is 0 Å². The van der Waals surface area contributed by atoms with Crippen LogP contribution in [0.2, 0.25) is 0 Å². The Morgan fingerprint density at radius 2 is 2.00 bits per heavy atom. The minimum atomic E-state index is -0.464. The third-order valence-electron chi connectivity index (χ3n) is 3.64. The molecule has 2 aliphatic rings. The number of hydrogen-bond donors (Lipinski definition) is 2. The molecule has 0 aromatic heterocycles. The van der Waals surface area contributed by atoms with E-state index in [-0.39, 0.29) is 30.3 Å². The third-order valence-corrected chi connectivity index (χ3v) is 3.64. The highest BCUT2D eigenvalue weighted by molar-refractivity contribution is 5.89. The topological polar surface area (TPSA) is 70.7 Å². The highest BCUT2D eigenvalue weighted by Crippen LogP contribution is 2.10. The van der Waals surface area contributed by atoms with E-state index in [2.05, 4.69) is 10.6 Å². The molecule has 6 nitrogen and oxygen atoms in total. The molecule has 116 valence electrons. The largest absolute Gasteiger partial charge is 0.378 e. The molecule has 2 rings (SSSR count). The first-order valence-corrected chi connectivity index (χ1v) is 7.09. The molecule has 2 fully saturated rings. The molecule has 2 aliphatic heterocycles. The second-order valence-electron chi connectivity index (χ2n) is 5.20. The van der Waals surface area contributed by atoms with Gasteiger partial charge in [0.1, 0.15) is 12.1 Å². The Labute approximate surface area is 126 Å². The van der Waals surface area contributed by atoms with Crippen LogP contribution in [0.5, 0.6) is 0 Å². The van der Waals surface area contributed by atoms with E-state index < -0.39 is 6.04 Å². The predicted octanol–water partition coefficient (Wildman–Crippen LogP) is -0.0862. The van der Waals surface area contributed by atoms with E-state index >= 15 is 0 Å². The Morgan fingerprint density at radius 3 is 2.60 bits per heavy atom. The molecule has 0 radical (unpaired) electrons. The molecular formula is C13H24ClN3O3. The van der Waals surface area contributed by atoms with E-state index in [0.29, 0.717) is 19.8 Å². The zero-order chi connectivity index (χ0) is 13.7. The molecule has 2 amide bonds. The lowest BCUT2D eigenvalue weighted by atomic mass is 10.1. The molecule has 0 spiro atoms. The van der Waals surface area contributed by atoms with Crippen LogP contribution >= 0.6 is 12.4 Å². The quantitative estimate of drug-likeness (QED) is 0.765. The number of morpholine rings is 1. The third kappa shape index (κ3) is 4.61. The molecule has 2 atom stereocenters. The molecule has 2 heterocycles. The van der Waals surface area contributed by atoms with E-state index in [4.69, 9.17) is 4.74 Å². The molecule has 20 heavy (non-hydrogen) atoms. The van der Waals surface area contributed by atoms with Gasteiger partial charge in [0.15, 0.2) is 0 Å². The van der Waals surface area contributed by atoms with Gasteiger partial charge in [-0.3, -0.25) is 9.59 Å². The minimum absolute atomic E-state index is 0. The maximum atomic E-state index is 12.2. The highest BCUT2D eigenvalue weighted by atomic mass is 35.5. The van der Waals surface area contributed by atoms with Gasteiger partial charge in [0.25, 0.3) is 0 Å². The number of carbonyl (C=O) groups is 2. The summed E-state index contributed by atoms with van der Waals surface area (Å²) in [6.07, 6.45) is 3.31. The summed E-state index contributed by atoms with van der Waals surface area (Å²) in [4.78, 5) is 26.0. The van der Waals surface area contributed by atoms with Crippen LogP contribution in [0.4, 0.5) is 0 Å². The maximum absolute atomic E-state index is 12.2. The van der Waals surface area contributed by atoms with Crippen molar-refractivity contribution in [1.82, 2.24) is 15.5 Å². The zero-order valence-corrected chi connectivity index (χ0v) is 12.7. The summed E-state index contributed by atoms with van der Waals surface area (Å²) in [6, 6.07) is -0.806. The van der Waals surface area contributed by atoms with Crippen molar-refractivity contribution in [3.8, 4) is 0 Å². The molecule has 0 aromatic rings. The van der Waals surface area contributed by atoms with Crippen LogP contribution in [0.15, 0.2) is 0 Å². The van der Waals surface area contributed by atoms with Gasteiger partial charge in [-0.15, -0.1) is 12.4 Å². The summed E-state index contributed by atoms with van der Waals surface area (Å²) >= 11 is 0. The lowest BCUT2D eigenvalue weighted by Gasteiger charge is -2.30. The van der Waals surface area contributed by atoms with E-state index in [1.807, 2.05) is 4.90 Å². The second kappa shape index (κ2) is 8.44. The van der Waals surface area contributed by atoms with Crippen LogP contribution in [0, 0.1) is 0 Å². The number of amides is 2. The maximum Gasteiger partial charge on any atom is 0.244 e. The van der Waals surface area contributed by atoms with E-state index in [9.17, 15) is 9.59 Å². The molecular weight excluding hydrogens is 282 g/mol. The van der Waals surface area contributed by atoms with E-state index in [1.54, 1.807) is 6.92 Å². The van der Waals surface area contributed by atoms with Gasteiger partial charge in [0, 0.05) is 19.6 Å². The molecule has 0 saturated carbocycles. The van der Waals surface area contributed by atoms with Crippen LogP contribution in [-0.4, -0.2) is 61.6 Å². The Hall–Kier alpha value is -0.850. The Morgan fingerprint density at radius 1 is 1.30 bits per heavy atom. The molecule has 2 saturated heterocycles. The smallest absolute Gasteiger partial charge is 0.244 e. The predicted molar refractivity (Wildman–Crippen MR) is 77.9 cm³/mol. The number of halogens is 1. The molecule has 0 aliphatic carbocycles. The van der Waals surface area contributed by atoms with Gasteiger partial charge < -0.3 is 20.3 Å². The van der Waals surface area contributed by atoms with Crippen molar-refractivity contribution in [2.75, 3.05) is 32.8 Å². The SMILES string of the molecule is CC(NC(=O)C1COCCN1)C(=O)N1CCCCC1.Cl. The number of likely N-dealkylation sites (tertiary alicyclic amines) is 1. The normalized spacial score (nSPS) is 24.4. The first-order valence-electron chi connectivity index (χ1n) is 7.09. The highest BCUT2D eigenvalue weighted by Gasteiger charge is 2.27. The van der Waals surface area contributed by atoms with Crippen molar-refractivity contribution in [2.24, 2.45) is 0 Å². The number of nitrogens with one attached hydrogen (secondary N) is 2. The Balaban J connectivity index is 0.00000200. The summed E-state index contributed by atoms with van der Waals surface area (Å²) < 4.78 is 5.24. The van der Waals surface area contributed by atoms with Gasteiger partial charge in [-0.2, -0.15) is 0 Å². The van der Waals surface area contributed by atoms with Crippen molar-refractivity contribution in [2.45, 2.75) is 38.3 Å². The van der Waals surface area contributed by atoms with Crippen molar-refractivity contribution in [1.29, 1.82) is 0 Å². The summed E-state index contributed by atoms with van der Waals surface area (Å²) in [6.45, 7) is 5.04. The monoisotopic (exact) mass is 305 g/mol. The number of nitrogens with zero attached hydrogens (tertiary/aromatic N) is 1. The molecule has 0 aromatic carbocycles. The van der Waals surface area contributed by atoms with Crippen LogP contribution in [0.3, 0.4) is 0 Å². The average molecular weight is 306 g/mol. The van der Waals surface area contributed by atoms with Gasteiger partial charge in [0.2, 0.25) is 11.8 Å². The van der Waals surface area contributed by atoms with E-state index in [1.165, 1.54) is 6.42 Å². The van der Waals surface area contributed by atoms with Crippen LogP contribution < -0.4 is 10.6 Å². The van der Waals surface area contributed by atoms with Gasteiger partial charge in [-0.1, -0.05) is 0 Å². The average Bonchev–Trinajstić information content (AvgIpc) is 2.48. The van der Waals surface area contributed by atoms with E-state index in [0.717, 1.165) is 25.9 Å². The van der Waals surface area contributed by atoms with Gasteiger partial charge in [0.05, 0.1) is 13.2 Å². The fourth-order valence-corrected chi connectivity index (χ4v) is 2.50. The number of ether oxygens (including phenoxy) is 1. The molecule has 0 bridgehead atoms. The molecule has 2 unspecified atom stereocenters. The molecule has 7 heteroatoms.